The van der Waals surface area contributed by atoms with Gasteiger partial charge in [-0.3, -0.25) is 0 Å². The number of aliphatic hydroxyl groups excluding tert-OH is 1. The van der Waals surface area contributed by atoms with E-state index in [1.807, 2.05) is 60.7 Å². The van der Waals surface area contributed by atoms with E-state index in [9.17, 15) is 5.11 Å². The van der Waals surface area contributed by atoms with Gasteiger partial charge in [0.15, 0.2) is 5.79 Å². The van der Waals surface area contributed by atoms with Gasteiger partial charge in [0.05, 0.1) is 49.8 Å². The van der Waals surface area contributed by atoms with E-state index in [1.165, 1.54) is 0 Å². The van der Waals surface area contributed by atoms with Crippen LogP contribution in [-0.2, 0) is 41.6 Å². The van der Waals surface area contributed by atoms with Crippen molar-refractivity contribution in [2.75, 3.05) is 27.4 Å². The van der Waals surface area contributed by atoms with Crippen LogP contribution < -0.4 is 0 Å². The molecule has 5 rings (SSSR count). The standard InChI is InChI=1S/C29H38O7/c1-27(31-3)24-23(19-33-16-20-11-7-5-8-12-20)36-29(15-22(30)18-35-29)26(25(24)28(27,2)32-4)34-17-21-13-9-6-10-14-21/h5-14,22-26,30H,15-19H2,1-4H3/t22-,23-,24+,25-,26+,27?,28?,29-/m0/s1. The molecule has 1 spiro atoms. The molecule has 0 amide bonds. The highest BCUT2D eigenvalue weighted by Crippen LogP contribution is 2.64. The average molecular weight is 499 g/mol. The minimum Gasteiger partial charge on any atom is -0.391 e. The maximum absolute atomic E-state index is 10.5. The SMILES string of the molecule is COC1(C)[C@H]2[C@@H]([C@@H](OCc3ccccc3)[C@]3(C[C@H](O)CO3)O[C@H]2COCc2ccccc2)C1(C)OC. The third-order valence-corrected chi connectivity index (χ3v) is 8.71. The summed E-state index contributed by atoms with van der Waals surface area (Å²) in [4.78, 5) is 0. The molecule has 1 N–H and O–H groups in total. The van der Waals surface area contributed by atoms with Crippen LogP contribution in [0.4, 0.5) is 0 Å². The highest BCUT2D eigenvalue weighted by Gasteiger charge is 2.78. The summed E-state index contributed by atoms with van der Waals surface area (Å²) in [6.45, 7) is 5.59. The molecule has 2 aliphatic heterocycles. The molecule has 0 aromatic heterocycles. The number of fused-ring (bicyclic) bond motifs is 1. The minimum atomic E-state index is -1.09. The Bertz CT molecular complexity index is 1000. The Balaban J connectivity index is 1.44. The van der Waals surface area contributed by atoms with E-state index in [-0.39, 0.29) is 24.5 Å². The predicted octanol–water partition coefficient (Wildman–Crippen LogP) is 3.72. The lowest BCUT2D eigenvalue weighted by atomic mass is 9.46. The van der Waals surface area contributed by atoms with E-state index in [2.05, 4.69) is 13.8 Å². The number of benzene rings is 2. The monoisotopic (exact) mass is 498 g/mol. The van der Waals surface area contributed by atoms with Gasteiger partial charge in [0.1, 0.15) is 6.10 Å². The van der Waals surface area contributed by atoms with Crippen molar-refractivity contribution in [1.29, 1.82) is 0 Å². The van der Waals surface area contributed by atoms with Gasteiger partial charge in [-0.1, -0.05) is 60.7 Å². The first-order valence-electron chi connectivity index (χ1n) is 12.7. The molecule has 0 bridgehead atoms. The van der Waals surface area contributed by atoms with Crippen molar-refractivity contribution in [1.82, 2.24) is 0 Å². The zero-order valence-corrected chi connectivity index (χ0v) is 21.6. The second-order valence-electron chi connectivity index (χ2n) is 10.5. The van der Waals surface area contributed by atoms with E-state index in [0.717, 1.165) is 11.1 Å². The van der Waals surface area contributed by atoms with Crippen molar-refractivity contribution in [3.63, 3.8) is 0 Å². The summed E-state index contributed by atoms with van der Waals surface area (Å²) in [7, 11) is 3.44. The zero-order valence-electron chi connectivity index (χ0n) is 21.6. The van der Waals surface area contributed by atoms with Crippen LogP contribution >= 0.6 is 0 Å². The maximum atomic E-state index is 10.5. The Kier molecular flexibility index (Phi) is 7.26. The summed E-state index contributed by atoms with van der Waals surface area (Å²) < 4.78 is 38.0. The first-order chi connectivity index (χ1) is 17.4. The molecule has 1 aliphatic carbocycles. The zero-order chi connectivity index (χ0) is 25.4. The summed E-state index contributed by atoms with van der Waals surface area (Å²) in [5.41, 5.74) is 0.879. The van der Waals surface area contributed by atoms with Crippen LogP contribution in [0.3, 0.4) is 0 Å². The Morgan fingerprint density at radius 1 is 0.861 bits per heavy atom. The highest BCUT2D eigenvalue weighted by atomic mass is 16.7. The van der Waals surface area contributed by atoms with Crippen LogP contribution in [0.1, 0.15) is 31.4 Å². The van der Waals surface area contributed by atoms with E-state index in [4.69, 9.17) is 28.4 Å². The van der Waals surface area contributed by atoms with Crippen LogP contribution in [-0.4, -0.2) is 67.8 Å². The van der Waals surface area contributed by atoms with Gasteiger partial charge in [0.2, 0.25) is 0 Å². The smallest absolute Gasteiger partial charge is 0.198 e. The van der Waals surface area contributed by atoms with Gasteiger partial charge in [0, 0.05) is 32.5 Å². The normalized spacial score (nSPS) is 39.6. The number of ether oxygens (including phenoxy) is 6. The van der Waals surface area contributed by atoms with Crippen molar-refractivity contribution in [2.24, 2.45) is 11.8 Å². The molecule has 196 valence electrons. The van der Waals surface area contributed by atoms with Crippen LogP contribution in [0, 0.1) is 11.8 Å². The first-order valence-corrected chi connectivity index (χ1v) is 12.7. The molecule has 0 radical (unpaired) electrons. The van der Waals surface area contributed by atoms with Crippen molar-refractivity contribution >= 4 is 0 Å². The fourth-order valence-electron chi connectivity index (χ4n) is 6.62. The first kappa shape index (κ1) is 25.8. The molecule has 7 heteroatoms. The van der Waals surface area contributed by atoms with Gasteiger partial charge >= 0.3 is 0 Å². The van der Waals surface area contributed by atoms with Gasteiger partial charge in [-0.15, -0.1) is 0 Å². The highest BCUT2D eigenvalue weighted by molar-refractivity contribution is 5.26. The number of methoxy groups -OCH3 is 2. The third-order valence-electron chi connectivity index (χ3n) is 8.71. The topological polar surface area (TPSA) is 75.6 Å². The molecule has 36 heavy (non-hydrogen) atoms. The lowest BCUT2D eigenvalue weighted by Gasteiger charge is -2.71. The molecule has 2 aromatic carbocycles. The fourth-order valence-corrected chi connectivity index (χ4v) is 6.62. The molecule has 2 saturated heterocycles. The number of rotatable bonds is 9. The van der Waals surface area contributed by atoms with Crippen molar-refractivity contribution in [3.05, 3.63) is 71.8 Å². The van der Waals surface area contributed by atoms with Crippen LogP contribution in [0.5, 0.6) is 0 Å². The van der Waals surface area contributed by atoms with E-state index in [1.54, 1.807) is 14.2 Å². The minimum absolute atomic E-state index is 0.0593. The van der Waals surface area contributed by atoms with Gasteiger partial charge in [-0.2, -0.15) is 0 Å². The van der Waals surface area contributed by atoms with Crippen molar-refractivity contribution in [2.45, 2.75) is 68.8 Å². The molecular weight excluding hydrogens is 460 g/mol. The summed E-state index contributed by atoms with van der Waals surface area (Å²) in [5, 5.41) is 10.5. The Labute approximate surface area is 213 Å². The molecule has 8 atom stereocenters. The Morgan fingerprint density at radius 2 is 1.44 bits per heavy atom. The van der Waals surface area contributed by atoms with Gasteiger partial charge < -0.3 is 33.5 Å². The summed E-state index contributed by atoms with van der Waals surface area (Å²) in [6, 6.07) is 20.1. The number of aliphatic hydroxyl groups is 1. The molecule has 3 aliphatic rings. The van der Waals surface area contributed by atoms with E-state index in [0.29, 0.717) is 26.2 Å². The Hall–Kier alpha value is -1.84. The van der Waals surface area contributed by atoms with Crippen molar-refractivity contribution < 1.29 is 33.5 Å². The third kappa shape index (κ3) is 4.21. The molecule has 2 unspecified atom stereocenters. The lowest BCUT2D eigenvalue weighted by molar-refractivity contribution is -0.435. The fraction of sp³-hybridized carbons (Fsp3) is 0.586. The number of hydrogen-bond donors (Lipinski definition) is 1. The van der Waals surface area contributed by atoms with Crippen LogP contribution in [0.2, 0.25) is 0 Å². The van der Waals surface area contributed by atoms with Crippen molar-refractivity contribution in [3.8, 4) is 0 Å². The predicted molar refractivity (Wildman–Crippen MR) is 133 cm³/mol. The van der Waals surface area contributed by atoms with E-state index >= 15 is 0 Å². The lowest BCUT2D eigenvalue weighted by Crippen LogP contribution is -2.84. The van der Waals surface area contributed by atoms with Gasteiger partial charge in [-0.25, -0.2) is 0 Å². The quantitative estimate of drug-likeness (QED) is 0.565. The summed E-state index contributed by atoms with van der Waals surface area (Å²) in [5.74, 6) is -1.25. The molecular formula is C29H38O7. The molecule has 3 fully saturated rings. The molecule has 2 heterocycles. The van der Waals surface area contributed by atoms with Crippen LogP contribution in [0.15, 0.2) is 60.7 Å². The van der Waals surface area contributed by atoms with Gasteiger partial charge in [0.25, 0.3) is 0 Å². The largest absolute Gasteiger partial charge is 0.391 e. The molecule has 2 aromatic rings. The molecule has 1 saturated carbocycles. The Morgan fingerprint density at radius 3 is 2.00 bits per heavy atom. The number of hydrogen-bond acceptors (Lipinski definition) is 7. The molecule has 7 nitrogen and oxygen atoms in total. The second-order valence-corrected chi connectivity index (χ2v) is 10.5. The van der Waals surface area contributed by atoms with E-state index < -0.39 is 29.2 Å². The summed E-state index contributed by atoms with van der Waals surface area (Å²) >= 11 is 0. The van der Waals surface area contributed by atoms with Crippen LogP contribution in [0.25, 0.3) is 0 Å². The average Bonchev–Trinajstić information content (AvgIpc) is 3.28. The second kappa shape index (κ2) is 10.1. The maximum Gasteiger partial charge on any atom is 0.198 e. The van der Waals surface area contributed by atoms with Gasteiger partial charge in [-0.05, 0) is 25.0 Å². The summed E-state index contributed by atoms with van der Waals surface area (Å²) in [6.07, 6.45) is -1.08.